The van der Waals surface area contributed by atoms with Crippen LogP contribution in [0.2, 0.25) is 0 Å². The lowest BCUT2D eigenvalue weighted by atomic mass is 9.78. The van der Waals surface area contributed by atoms with Gasteiger partial charge in [0.15, 0.2) is 18.0 Å². The first-order chi connectivity index (χ1) is 17.4. The van der Waals surface area contributed by atoms with E-state index in [1.165, 1.54) is 42.6 Å². The SMILES string of the molecule is CC.CNc1cc(F)ccc1C(=N)c1cnc2c(n1)c(C(=O)NC(C)C1CC(OSC)C1)cn2SF. The van der Waals surface area contributed by atoms with E-state index in [9.17, 15) is 13.1 Å². The molecule has 2 heterocycles. The smallest absolute Gasteiger partial charge is 0.255 e. The lowest BCUT2D eigenvalue weighted by molar-refractivity contribution is 0.0598. The van der Waals surface area contributed by atoms with Crippen molar-refractivity contribution in [3.8, 4) is 0 Å². The minimum atomic E-state index is -0.439. The number of rotatable bonds is 9. The van der Waals surface area contributed by atoms with E-state index in [4.69, 9.17) is 9.59 Å². The number of carbonyl (C=O) groups excluding carboxylic acids is 1. The zero-order valence-electron chi connectivity index (χ0n) is 20.8. The maximum Gasteiger partial charge on any atom is 0.255 e. The fourth-order valence-electron chi connectivity index (χ4n) is 4.01. The van der Waals surface area contributed by atoms with Crippen molar-refractivity contribution >= 4 is 52.8 Å². The molecule has 0 saturated heterocycles. The average molecular weight is 537 g/mol. The van der Waals surface area contributed by atoms with Crippen LogP contribution in [0, 0.1) is 17.1 Å². The summed E-state index contributed by atoms with van der Waals surface area (Å²) in [5.74, 6) is -0.543. The molecular formula is C24H30F2N6O2S2. The van der Waals surface area contributed by atoms with Gasteiger partial charge in [-0.3, -0.25) is 10.2 Å². The van der Waals surface area contributed by atoms with Crippen molar-refractivity contribution < 1.29 is 17.3 Å². The molecule has 8 nitrogen and oxygen atoms in total. The van der Waals surface area contributed by atoms with Crippen molar-refractivity contribution in [2.24, 2.45) is 5.92 Å². The molecule has 1 aliphatic carbocycles. The van der Waals surface area contributed by atoms with Gasteiger partial charge in [0.2, 0.25) is 0 Å². The van der Waals surface area contributed by atoms with Crippen molar-refractivity contribution in [3.05, 3.63) is 53.2 Å². The number of amides is 1. The Kier molecular flexibility index (Phi) is 9.69. The standard InChI is InChI=1S/C22H24F2N6O2S2.C2H6/c1-11(12-6-14(7-12)32-33-3)28-22(31)16-10-30(34-24)21-20(16)29-18(9-27-21)19(25)15-5-4-13(23)8-17(15)26-2;1-2/h4-5,8-12,14,25-26H,6-7H2,1-3H3,(H,28,31);1-2H3. The monoisotopic (exact) mass is 536 g/mol. The van der Waals surface area contributed by atoms with E-state index < -0.39 is 11.7 Å². The van der Waals surface area contributed by atoms with Gasteiger partial charge in [0.25, 0.3) is 5.91 Å². The first kappa shape index (κ1) is 27.9. The lowest BCUT2D eigenvalue weighted by Gasteiger charge is -2.38. The van der Waals surface area contributed by atoms with E-state index in [0.717, 1.165) is 16.8 Å². The van der Waals surface area contributed by atoms with Gasteiger partial charge in [-0.15, -0.1) is 3.89 Å². The number of halogens is 2. The second-order valence-corrected chi connectivity index (χ2v) is 9.12. The molecule has 0 aliphatic heterocycles. The molecule has 1 fully saturated rings. The molecule has 3 N–H and O–H groups in total. The summed E-state index contributed by atoms with van der Waals surface area (Å²) in [6.07, 6.45) is 6.47. The van der Waals surface area contributed by atoms with E-state index in [1.807, 2.05) is 27.0 Å². The number of carbonyl (C=O) groups is 1. The van der Waals surface area contributed by atoms with Crippen LogP contribution in [0.5, 0.6) is 0 Å². The highest BCUT2D eigenvalue weighted by Gasteiger charge is 2.35. The summed E-state index contributed by atoms with van der Waals surface area (Å²) in [6, 6.07) is 3.90. The van der Waals surface area contributed by atoms with Gasteiger partial charge in [0, 0.05) is 36.8 Å². The first-order valence-electron chi connectivity index (χ1n) is 11.6. The third kappa shape index (κ3) is 5.81. The van der Waals surface area contributed by atoms with Crippen LogP contribution in [0.3, 0.4) is 0 Å². The largest absolute Gasteiger partial charge is 0.387 e. The van der Waals surface area contributed by atoms with Crippen LogP contribution in [0.15, 0.2) is 30.6 Å². The zero-order chi connectivity index (χ0) is 26.4. The Morgan fingerprint density at radius 1 is 1.31 bits per heavy atom. The van der Waals surface area contributed by atoms with Gasteiger partial charge in [-0.25, -0.2) is 18.3 Å². The molecule has 1 atom stereocenters. The first-order valence-corrected chi connectivity index (χ1v) is 13.4. The Morgan fingerprint density at radius 2 is 2.03 bits per heavy atom. The molecule has 4 rings (SSSR count). The Hall–Kier alpha value is -2.70. The van der Waals surface area contributed by atoms with Crippen LogP contribution < -0.4 is 10.6 Å². The Morgan fingerprint density at radius 3 is 2.67 bits per heavy atom. The number of nitrogens with one attached hydrogen (secondary N) is 3. The number of fused-ring (bicyclic) bond motifs is 1. The maximum absolute atomic E-state index is 13.6. The summed E-state index contributed by atoms with van der Waals surface area (Å²) in [7, 11) is 1.63. The molecule has 0 radical (unpaired) electrons. The summed E-state index contributed by atoms with van der Waals surface area (Å²) < 4.78 is 33.8. The van der Waals surface area contributed by atoms with Gasteiger partial charge in [-0.1, -0.05) is 13.8 Å². The highest BCUT2D eigenvalue weighted by atomic mass is 32.2. The van der Waals surface area contributed by atoms with Gasteiger partial charge in [-0.05, 0) is 55.9 Å². The summed E-state index contributed by atoms with van der Waals surface area (Å²) in [6.45, 7) is 5.93. The average Bonchev–Trinajstić information content (AvgIpc) is 3.24. The maximum atomic E-state index is 13.6. The number of aromatic nitrogens is 3. The molecule has 3 aromatic rings. The molecule has 1 aliphatic rings. The molecule has 0 bridgehead atoms. The predicted octanol–water partition coefficient (Wildman–Crippen LogP) is 5.63. The molecule has 1 aromatic carbocycles. The Balaban J connectivity index is 0.00000176. The molecular weight excluding hydrogens is 506 g/mol. The van der Waals surface area contributed by atoms with Gasteiger partial charge in [0.1, 0.15) is 17.0 Å². The molecule has 36 heavy (non-hydrogen) atoms. The van der Waals surface area contributed by atoms with E-state index in [-0.39, 0.29) is 52.6 Å². The molecule has 0 spiro atoms. The van der Waals surface area contributed by atoms with Gasteiger partial charge >= 0.3 is 0 Å². The predicted molar refractivity (Wildman–Crippen MR) is 143 cm³/mol. The number of nitrogens with zero attached hydrogens (tertiary/aromatic N) is 3. The molecule has 2 aromatic heterocycles. The van der Waals surface area contributed by atoms with Crippen LogP contribution in [-0.4, -0.2) is 51.0 Å². The fourth-order valence-corrected chi connectivity index (χ4v) is 4.79. The van der Waals surface area contributed by atoms with Crippen molar-refractivity contribution in [1.82, 2.24) is 19.3 Å². The Labute approximate surface area is 218 Å². The van der Waals surface area contributed by atoms with Crippen molar-refractivity contribution in [2.75, 3.05) is 18.6 Å². The molecule has 1 saturated carbocycles. The topological polar surface area (TPSA) is 105 Å². The summed E-state index contributed by atoms with van der Waals surface area (Å²) in [5, 5.41) is 14.4. The number of hydrogen-bond acceptors (Lipinski definition) is 8. The van der Waals surface area contributed by atoms with Gasteiger partial charge in [0.05, 0.1) is 23.6 Å². The minimum absolute atomic E-state index is 0.00608. The van der Waals surface area contributed by atoms with Gasteiger partial charge < -0.3 is 14.8 Å². The van der Waals surface area contributed by atoms with Crippen LogP contribution in [0.25, 0.3) is 11.2 Å². The van der Waals surface area contributed by atoms with E-state index in [2.05, 4.69) is 20.6 Å². The Bertz CT molecular complexity index is 1230. The normalized spacial score (nSPS) is 17.5. The minimum Gasteiger partial charge on any atom is -0.387 e. The fraction of sp³-hybridized carbons (Fsp3) is 0.417. The number of benzene rings is 1. The van der Waals surface area contributed by atoms with Crippen LogP contribution in [0.4, 0.5) is 14.0 Å². The third-order valence-corrected chi connectivity index (χ3v) is 6.88. The van der Waals surface area contributed by atoms with Crippen molar-refractivity contribution in [3.63, 3.8) is 0 Å². The highest BCUT2D eigenvalue weighted by Crippen LogP contribution is 2.35. The summed E-state index contributed by atoms with van der Waals surface area (Å²) in [4.78, 5) is 21.8. The van der Waals surface area contributed by atoms with E-state index in [0.29, 0.717) is 17.2 Å². The van der Waals surface area contributed by atoms with Crippen LogP contribution >= 0.6 is 24.4 Å². The van der Waals surface area contributed by atoms with E-state index in [1.54, 1.807) is 7.05 Å². The lowest BCUT2D eigenvalue weighted by Crippen LogP contribution is -2.45. The molecule has 194 valence electrons. The highest BCUT2D eigenvalue weighted by molar-refractivity contribution is 7.94. The van der Waals surface area contributed by atoms with Crippen LogP contribution in [0.1, 0.15) is 55.2 Å². The van der Waals surface area contributed by atoms with Crippen molar-refractivity contribution in [2.45, 2.75) is 45.8 Å². The second-order valence-electron chi connectivity index (χ2n) is 8.06. The molecule has 12 heteroatoms. The summed E-state index contributed by atoms with van der Waals surface area (Å²) in [5.41, 5.74) is 1.53. The second kappa shape index (κ2) is 12.5. The zero-order valence-corrected chi connectivity index (χ0v) is 22.4. The van der Waals surface area contributed by atoms with E-state index >= 15 is 0 Å². The summed E-state index contributed by atoms with van der Waals surface area (Å²) >= 11 is 1.25. The van der Waals surface area contributed by atoms with Gasteiger partial charge in [-0.2, -0.15) is 0 Å². The molecule has 1 amide bonds. The van der Waals surface area contributed by atoms with Crippen LogP contribution in [-0.2, 0) is 4.18 Å². The third-order valence-electron chi connectivity index (χ3n) is 5.99. The quantitative estimate of drug-likeness (QED) is 0.241. The number of anilines is 1. The number of hydrogen-bond donors (Lipinski definition) is 3. The van der Waals surface area contributed by atoms with Crippen molar-refractivity contribution in [1.29, 1.82) is 5.41 Å². The molecule has 1 unspecified atom stereocenters.